The quantitative estimate of drug-likeness (QED) is 0.514. The first kappa shape index (κ1) is 12.1. The van der Waals surface area contributed by atoms with E-state index in [4.69, 9.17) is 4.74 Å². The lowest BCUT2D eigenvalue weighted by molar-refractivity contribution is -0.137. The van der Waals surface area contributed by atoms with E-state index in [1.807, 2.05) is 0 Å². The Kier molecular flexibility index (Phi) is 6.65. The summed E-state index contributed by atoms with van der Waals surface area (Å²) in [4.78, 5) is 0. The zero-order valence-corrected chi connectivity index (χ0v) is 7.63. The van der Waals surface area contributed by atoms with Crippen molar-refractivity contribution in [2.24, 2.45) is 0 Å². The molecule has 0 amide bonds. The number of alkyl halides is 3. The molecule has 12 heavy (non-hydrogen) atoms. The lowest BCUT2D eigenvalue weighted by Gasteiger charge is -2.05. The fraction of sp³-hybridized carbons (Fsp3) is 1.00. The SMILES string of the molecule is FC(F)(F)CCCOCCCS. The number of hydrogen-bond donors (Lipinski definition) is 1. The van der Waals surface area contributed by atoms with E-state index in [0.717, 1.165) is 6.42 Å². The molecule has 0 aromatic carbocycles. The fourth-order valence-corrected chi connectivity index (χ4v) is 0.772. The number of hydrogen-bond acceptors (Lipinski definition) is 2. The van der Waals surface area contributed by atoms with E-state index >= 15 is 0 Å². The van der Waals surface area contributed by atoms with E-state index in [9.17, 15) is 13.2 Å². The second-order valence-electron chi connectivity index (χ2n) is 2.41. The third kappa shape index (κ3) is 10.1. The smallest absolute Gasteiger partial charge is 0.381 e. The summed E-state index contributed by atoms with van der Waals surface area (Å²) in [5, 5.41) is 0. The van der Waals surface area contributed by atoms with Gasteiger partial charge in [0.25, 0.3) is 0 Å². The molecule has 0 aliphatic heterocycles. The molecular formula is C7H13F3OS. The Morgan fingerprint density at radius 3 is 2.17 bits per heavy atom. The Labute approximate surface area is 75.7 Å². The first-order chi connectivity index (χ1) is 5.56. The highest BCUT2D eigenvalue weighted by atomic mass is 32.1. The average Bonchev–Trinajstić information content (AvgIpc) is 1.94. The highest BCUT2D eigenvalue weighted by Crippen LogP contribution is 2.20. The Morgan fingerprint density at radius 2 is 1.67 bits per heavy atom. The molecule has 5 heteroatoms. The van der Waals surface area contributed by atoms with Gasteiger partial charge in [0, 0.05) is 19.6 Å². The van der Waals surface area contributed by atoms with Crippen molar-refractivity contribution in [1.29, 1.82) is 0 Å². The van der Waals surface area contributed by atoms with Crippen molar-refractivity contribution >= 4 is 12.6 Å². The predicted molar refractivity (Wildman–Crippen MR) is 44.6 cm³/mol. The van der Waals surface area contributed by atoms with Crippen LogP contribution in [0.25, 0.3) is 0 Å². The molecule has 74 valence electrons. The van der Waals surface area contributed by atoms with Crippen LogP contribution in [0.15, 0.2) is 0 Å². The maximum absolute atomic E-state index is 11.6. The molecule has 0 radical (unpaired) electrons. The monoisotopic (exact) mass is 202 g/mol. The van der Waals surface area contributed by atoms with Gasteiger partial charge in [-0.2, -0.15) is 25.8 Å². The van der Waals surface area contributed by atoms with E-state index in [2.05, 4.69) is 12.6 Å². The van der Waals surface area contributed by atoms with E-state index in [1.165, 1.54) is 0 Å². The molecule has 0 atom stereocenters. The summed E-state index contributed by atoms with van der Waals surface area (Å²) < 4.78 is 39.6. The molecular weight excluding hydrogens is 189 g/mol. The summed E-state index contributed by atoms with van der Waals surface area (Å²) in [6.45, 7) is 0.689. The van der Waals surface area contributed by atoms with Gasteiger partial charge in [-0.1, -0.05) is 0 Å². The molecule has 0 rings (SSSR count). The maximum Gasteiger partial charge on any atom is 0.389 e. The number of halogens is 3. The summed E-state index contributed by atoms with van der Waals surface area (Å²) in [5.74, 6) is 0.708. The highest BCUT2D eigenvalue weighted by Gasteiger charge is 2.25. The molecule has 0 aliphatic rings. The minimum Gasteiger partial charge on any atom is -0.381 e. The third-order valence-corrected chi connectivity index (χ3v) is 1.51. The van der Waals surface area contributed by atoms with Crippen molar-refractivity contribution in [3.8, 4) is 0 Å². The molecule has 0 unspecified atom stereocenters. The van der Waals surface area contributed by atoms with Gasteiger partial charge >= 0.3 is 6.18 Å². The van der Waals surface area contributed by atoms with Gasteiger partial charge in [0.05, 0.1) is 0 Å². The number of thiol groups is 1. The standard InChI is InChI=1S/C7H13F3OS/c8-7(9,10)3-1-4-11-5-2-6-12/h12H,1-6H2. The Balaban J connectivity index is 3.01. The minimum atomic E-state index is -4.05. The summed E-state index contributed by atoms with van der Waals surface area (Å²) in [6, 6.07) is 0. The van der Waals surface area contributed by atoms with Gasteiger partial charge in [0.2, 0.25) is 0 Å². The zero-order valence-electron chi connectivity index (χ0n) is 6.73. The molecule has 0 aromatic heterocycles. The Bertz CT molecular complexity index is 105. The fourth-order valence-electron chi connectivity index (χ4n) is 0.643. The van der Waals surface area contributed by atoms with Crippen LogP contribution in [0.5, 0.6) is 0 Å². The van der Waals surface area contributed by atoms with Gasteiger partial charge in [-0.05, 0) is 18.6 Å². The van der Waals surface area contributed by atoms with Crippen LogP contribution >= 0.6 is 12.6 Å². The molecule has 0 fully saturated rings. The lowest BCUT2D eigenvalue weighted by Crippen LogP contribution is -2.09. The molecule has 0 heterocycles. The first-order valence-corrected chi connectivity index (χ1v) is 4.45. The minimum absolute atomic E-state index is 0.0517. The molecule has 0 N–H and O–H groups in total. The van der Waals surface area contributed by atoms with Gasteiger partial charge in [-0.25, -0.2) is 0 Å². The van der Waals surface area contributed by atoms with Crippen LogP contribution in [0.1, 0.15) is 19.3 Å². The van der Waals surface area contributed by atoms with Gasteiger partial charge in [0.15, 0.2) is 0 Å². The van der Waals surface area contributed by atoms with Crippen LogP contribution < -0.4 is 0 Å². The molecule has 0 saturated heterocycles. The van der Waals surface area contributed by atoms with Gasteiger partial charge in [0.1, 0.15) is 0 Å². The van der Waals surface area contributed by atoms with Crippen molar-refractivity contribution in [2.75, 3.05) is 19.0 Å². The third-order valence-electron chi connectivity index (χ3n) is 1.20. The topological polar surface area (TPSA) is 9.23 Å². The van der Waals surface area contributed by atoms with Gasteiger partial charge < -0.3 is 4.74 Å². The van der Waals surface area contributed by atoms with Crippen LogP contribution in [0, 0.1) is 0 Å². The normalized spacial score (nSPS) is 12.0. The van der Waals surface area contributed by atoms with E-state index in [-0.39, 0.29) is 13.0 Å². The zero-order chi connectivity index (χ0) is 9.45. The summed E-state index contributed by atoms with van der Waals surface area (Å²) >= 11 is 3.93. The van der Waals surface area contributed by atoms with Crippen LogP contribution in [0.2, 0.25) is 0 Å². The Morgan fingerprint density at radius 1 is 1.08 bits per heavy atom. The molecule has 0 saturated carbocycles. The summed E-state index contributed by atoms with van der Waals surface area (Å²) in [7, 11) is 0. The number of ether oxygens (including phenoxy) is 1. The predicted octanol–water partition coefficient (Wildman–Crippen LogP) is 2.67. The van der Waals surface area contributed by atoms with E-state index in [0.29, 0.717) is 12.4 Å². The lowest BCUT2D eigenvalue weighted by atomic mass is 10.3. The second kappa shape index (κ2) is 6.60. The molecule has 1 nitrogen and oxygen atoms in total. The molecule has 0 aromatic rings. The summed E-state index contributed by atoms with van der Waals surface area (Å²) in [6.07, 6.45) is -3.97. The second-order valence-corrected chi connectivity index (χ2v) is 2.86. The van der Waals surface area contributed by atoms with Crippen LogP contribution in [-0.2, 0) is 4.74 Å². The average molecular weight is 202 g/mol. The molecule has 0 aliphatic carbocycles. The van der Waals surface area contributed by atoms with Crippen molar-refractivity contribution in [2.45, 2.75) is 25.4 Å². The highest BCUT2D eigenvalue weighted by molar-refractivity contribution is 7.80. The van der Waals surface area contributed by atoms with Crippen LogP contribution in [-0.4, -0.2) is 25.1 Å². The Hall–Kier alpha value is 0.100. The van der Waals surface area contributed by atoms with Crippen molar-refractivity contribution in [3.05, 3.63) is 0 Å². The molecule has 0 bridgehead atoms. The van der Waals surface area contributed by atoms with Crippen molar-refractivity contribution < 1.29 is 17.9 Å². The van der Waals surface area contributed by atoms with Crippen LogP contribution in [0.4, 0.5) is 13.2 Å². The number of rotatable bonds is 6. The van der Waals surface area contributed by atoms with Gasteiger partial charge in [-0.3, -0.25) is 0 Å². The van der Waals surface area contributed by atoms with Crippen molar-refractivity contribution in [1.82, 2.24) is 0 Å². The first-order valence-electron chi connectivity index (χ1n) is 3.81. The largest absolute Gasteiger partial charge is 0.389 e. The van der Waals surface area contributed by atoms with Gasteiger partial charge in [-0.15, -0.1) is 0 Å². The van der Waals surface area contributed by atoms with E-state index in [1.54, 1.807) is 0 Å². The van der Waals surface area contributed by atoms with E-state index < -0.39 is 12.6 Å². The van der Waals surface area contributed by atoms with Crippen LogP contribution in [0.3, 0.4) is 0 Å². The molecule has 0 spiro atoms. The maximum atomic E-state index is 11.6. The summed E-state index contributed by atoms with van der Waals surface area (Å²) in [5.41, 5.74) is 0. The van der Waals surface area contributed by atoms with Crippen molar-refractivity contribution in [3.63, 3.8) is 0 Å².